The van der Waals surface area contributed by atoms with Crippen LogP contribution < -0.4 is 0 Å². The van der Waals surface area contributed by atoms with Crippen LogP contribution in [-0.4, -0.2) is 53.6 Å². The van der Waals surface area contributed by atoms with Crippen molar-refractivity contribution in [2.24, 2.45) is 29.1 Å². The van der Waals surface area contributed by atoms with Crippen molar-refractivity contribution in [3.63, 3.8) is 0 Å². The maximum absolute atomic E-state index is 11.2. The van der Waals surface area contributed by atoms with E-state index in [-0.39, 0.29) is 11.9 Å². The summed E-state index contributed by atoms with van der Waals surface area (Å²) in [6.45, 7) is 16.8. The van der Waals surface area contributed by atoms with Crippen LogP contribution in [0.4, 0.5) is 8.78 Å². The third kappa shape index (κ3) is 32.5. The van der Waals surface area contributed by atoms with E-state index in [9.17, 15) is 18.4 Å². The molecular formula is C30H60F2O6. The van der Waals surface area contributed by atoms with E-state index in [2.05, 4.69) is 46.6 Å². The average Bonchev–Trinajstić information content (AvgIpc) is 2.78. The van der Waals surface area contributed by atoms with Crippen LogP contribution in [0.25, 0.3) is 0 Å². The van der Waals surface area contributed by atoms with Gasteiger partial charge in [0.15, 0.2) is 0 Å². The first-order chi connectivity index (χ1) is 17.4. The quantitative estimate of drug-likeness (QED) is 0.240. The number of alkyl halides is 2. The summed E-state index contributed by atoms with van der Waals surface area (Å²) in [4.78, 5) is 19.2. The number of rotatable bonds is 1. The van der Waals surface area contributed by atoms with Crippen molar-refractivity contribution in [2.75, 3.05) is 35.5 Å². The number of ether oxygens (including phenoxy) is 4. The molecule has 3 saturated carbocycles. The van der Waals surface area contributed by atoms with Crippen molar-refractivity contribution >= 4 is 11.9 Å². The lowest BCUT2D eigenvalue weighted by molar-refractivity contribution is -0.205. The molecule has 0 atom stereocenters. The monoisotopic (exact) mass is 554 g/mol. The van der Waals surface area contributed by atoms with Crippen LogP contribution in [0.5, 0.6) is 0 Å². The van der Waals surface area contributed by atoms with Gasteiger partial charge in [0.25, 0.3) is 0 Å². The second-order valence-electron chi connectivity index (χ2n) is 10.7. The molecule has 230 valence electrons. The Morgan fingerprint density at radius 2 is 0.921 bits per heavy atom. The van der Waals surface area contributed by atoms with Gasteiger partial charge >= 0.3 is 18.0 Å². The van der Waals surface area contributed by atoms with Crippen LogP contribution in [0.1, 0.15) is 101 Å². The highest BCUT2D eigenvalue weighted by Gasteiger charge is 2.49. The molecule has 0 amide bonds. The minimum atomic E-state index is -2.96. The Kier molecular flexibility index (Phi) is 29.5. The number of carbonyl (C=O) groups excluding carboxylic acids is 2. The maximum atomic E-state index is 11.2. The van der Waals surface area contributed by atoms with Crippen LogP contribution in [-0.2, 0) is 28.5 Å². The van der Waals surface area contributed by atoms with Gasteiger partial charge < -0.3 is 18.9 Å². The molecule has 38 heavy (non-hydrogen) atoms. The van der Waals surface area contributed by atoms with Crippen molar-refractivity contribution in [2.45, 2.75) is 107 Å². The second-order valence-corrected chi connectivity index (χ2v) is 10.7. The lowest BCUT2D eigenvalue weighted by atomic mass is 9.49. The number of halogens is 2. The van der Waals surface area contributed by atoms with Gasteiger partial charge in [0.1, 0.15) is 0 Å². The van der Waals surface area contributed by atoms with Gasteiger partial charge in [0.2, 0.25) is 0 Å². The zero-order valence-corrected chi connectivity index (χ0v) is 26.9. The van der Waals surface area contributed by atoms with E-state index in [0.717, 1.165) is 36.2 Å². The fraction of sp³-hybridized carbons (Fsp3) is 0.867. The number of methoxy groups -OCH3 is 4. The summed E-state index contributed by atoms with van der Waals surface area (Å²) in [6, 6.07) is 0. The molecule has 0 aliphatic heterocycles. The highest BCUT2D eigenvalue weighted by atomic mass is 19.3. The summed E-state index contributed by atoms with van der Waals surface area (Å²) in [5, 5.41) is 0. The van der Waals surface area contributed by atoms with Crippen LogP contribution in [0.15, 0.2) is 12.2 Å². The van der Waals surface area contributed by atoms with Gasteiger partial charge in [0.05, 0.1) is 14.2 Å². The fourth-order valence-corrected chi connectivity index (χ4v) is 4.48. The summed E-state index contributed by atoms with van der Waals surface area (Å²) in [7, 11) is 6.91. The molecule has 0 aromatic heterocycles. The lowest BCUT2D eigenvalue weighted by Gasteiger charge is -2.56. The zero-order chi connectivity index (χ0) is 30.9. The summed E-state index contributed by atoms with van der Waals surface area (Å²) < 4.78 is 38.5. The number of esters is 2. The first-order valence-corrected chi connectivity index (χ1v) is 13.4. The Bertz CT molecular complexity index is 528. The molecule has 3 aliphatic rings. The van der Waals surface area contributed by atoms with Crippen LogP contribution in [0.3, 0.4) is 0 Å². The summed E-state index contributed by atoms with van der Waals surface area (Å²) >= 11 is 0. The van der Waals surface area contributed by atoms with Gasteiger partial charge in [0, 0.05) is 42.1 Å². The Balaban J connectivity index is -0.000000183. The predicted octanol–water partition coefficient (Wildman–Crippen LogP) is 8.33. The second kappa shape index (κ2) is 25.7. The first kappa shape index (κ1) is 43.5. The average molecular weight is 555 g/mol. The van der Waals surface area contributed by atoms with Gasteiger partial charge in [-0.2, -0.15) is 8.78 Å². The molecule has 0 aromatic carbocycles. The van der Waals surface area contributed by atoms with Gasteiger partial charge in [-0.05, 0) is 81.5 Å². The molecule has 0 bridgehead atoms. The molecule has 0 saturated heterocycles. The molecule has 0 heterocycles. The number of allylic oxidation sites excluding steroid dienone is 2. The third-order valence-corrected chi connectivity index (χ3v) is 6.00. The van der Waals surface area contributed by atoms with E-state index >= 15 is 0 Å². The lowest BCUT2D eigenvalue weighted by Crippen LogP contribution is -2.45. The molecule has 8 heteroatoms. The van der Waals surface area contributed by atoms with E-state index in [4.69, 9.17) is 0 Å². The highest BCUT2D eigenvalue weighted by Crippen LogP contribution is 2.60. The molecule has 3 aliphatic carbocycles. The van der Waals surface area contributed by atoms with Gasteiger partial charge in [-0.1, -0.05) is 39.8 Å². The Morgan fingerprint density at radius 3 is 0.974 bits per heavy atom. The molecular weight excluding hydrogens is 494 g/mol. The van der Waals surface area contributed by atoms with E-state index < -0.39 is 6.11 Å². The van der Waals surface area contributed by atoms with E-state index in [1.165, 1.54) is 66.6 Å². The van der Waals surface area contributed by atoms with Crippen molar-refractivity contribution < 1.29 is 37.3 Å². The minimum absolute atomic E-state index is 0.245. The third-order valence-electron chi connectivity index (χ3n) is 6.00. The Morgan fingerprint density at radius 1 is 0.711 bits per heavy atom. The van der Waals surface area contributed by atoms with Gasteiger partial charge in [-0.3, -0.25) is 9.59 Å². The molecule has 0 radical (unpaired) electrons. The maximum Gasteiger partial charge on any atom is 0.352 e. The smallest absolute Gasteiger partial charge is 0.352 e. The molecule has 0 N–H and O–H groups in total. The molecule has 3 fully saturated rings. The molecule has 6 nitrogen and oxygen atoms in total. The SMILES string of the molecule is CC1CC(C)C1.CC1CC2(C1)CC(C)C2.CC=CC.COC.COC(C)(F)F.COC(C)=O.COC(C)=O. The summed E-state index contributed by atoms with van der Waals surface area (Å²) in [5.41, 5.74) is 0.888. The minimum Gasteiger partial charge on any atom is -0.469 e. The number of hydrogen-bond acceptors (Lipinski definition) is 6. The molecule has 3 rings (SSSR count). The highest BCUT2D eigenvalue weighted by molar-refractivity contribution is 5.65. The van der Waals surface area contributed by atoms with E-state index in [1.54, 1.807) is 14.2 Å². The molecule has 0 aromatic rings. The van der Waals surface area contributed by atoms with Gasteiger partial charge in [-0.15, -0.1) is 0 Å². The van der Waals surface area contributed by atoms with E-state index in [0.29, 0.717) is 6.92 Å². The predicted molar refractivity (Wildman–Crippen MR) is 153 cm³/mol. The van der Waals surface area contributed by atoms with Crippen molar-refractivity contribution in [3.8, 4) is 0 Å². The van der Waals surface area contributed by atoms with E-state index in [1.807, 2.05) is 26.0 Å². The largest absolute Gasteiger partial charge is 0.469 e. The topological polar surface area (TPSA) is 71.1 Å². The standard InChI is InChI=1S/C9H16.C6H12.C4H8.C3H6F2O.2C3H6O2.C2H6O/c1-7-3-9(4-7)5-8(2)6-9;1-5-3-6(2)4-5;1-3-4-2;1-3(4,5)6-2;2*1-3(4)5-2;1-3-2/h7-8H,3-6H2,1-2H3;5-6H,3-4H2,1-2H3;3-4H,1-2H3;1-2H3;2*1-2H3;1-2H3. The van der Waals surface area contributed by atoms with Crippen LogP contribution >= 0.6 is 0 Å². The van der Waals surface area contributed by atoms with Crippen molar-refractivity contribution in [1.29, 1.82) is 0 Å². The zero-order valence-electron chi connectivity index (χ0n) is 26.9. The Labute approximate surface area is 233 Å². The van der Waals surface area contributed by atoms with Crippen LogP contribution in [0, 0.1) is 29.1 Å². The van der Waals surface area contributed by atoms with Crippen molar-refractivity contribution in [1.82, 2.24) is 0 Å². The van der Waals surface area contributed by atoms with Crippen molar-refractivity contribution in [3.05, 3.63) is 12.2 Å². The Hall–Kier alpha value is -1.54. The van der Waals surface area contributed by atoms with Crippen LogP contribution in [0.2, 0.25) is 0 Å². The molecule has 1 spiro atoms. The van der Waals surface area contributed by atoms with Gasteiger partial charge in [-0.25, -0.2) is 0 Å². The normalized spacial score (nSPS) is 25.7. The summed E-state index contributed by atoms with van der Waals surface area (Å²) in [6.07, 6.45) is 10.1. The molecule has 0 unspecified atom stereocenters. The fourth-order valence-electron chi connectivity index (χ4n) is 4.48. The number of hydrogen-bond donors (Lipinski definition) is 0. The first-order valence-electron chi connectivity index (χ1n) is 13.4. The number of carbonyl (C=O) groups is 2. The summed E-state index contributed by atoms with van der Waals surface area (Å²) in [5.74, 6) is 3.70.